The lowest BCUT2D eigenvalue weighted by molar-refractivity contribution is 0.0526. The summed E-state index contributed by atoms with van der Waals surface area (Å²) in [7, 11) is -3.16. The first kappa shape index (κ1) is 17.2. The monoisotopic (exact) mass is 280 g/mol. The first-order chi connectivity index (χ1) is 7.99. The van der Waals surface area contributed by atoms with Crippen LogP contribution in [-0.4, -0.2) is 39.0 Å². The number of nitrogens with one attached hydrogen (secondary N) is 2. The van der Waals surface area contributed by atoms with Crippen LogP contribution in [0.25, 0.3) is 0 Å². The van der Waals surface area contributed by atoms with Gasteiger partial charge in [-0.05, 0) is 40.5 Å². The maximum atomic E-state index is 11.3. The van der Waals surface area contributed by atoms with Crippen LogP contribution in [0, 0.1) is 0 Å². The lowest BCUT2D eigenvalue weighted by Crippen LogP contribution is -2.34. The van der Waals surface area contributed by atoms with Crippen molar-refractivity contribution in [3.63, 3.8) is 0 Å². The van der Waals surface area contributed by atoms with Crippen molar-refractivity contribution in [3.05, 3.63) is 0 Å². The van der Waals surface area contributed by atoms with E-state index in [1.165, 1.54) is 0 Å². The van der Waals surface area contributed by atoms with E-state index in [-0.39, 0.29) is 6.04 Å². The predicted molar refractivity (Wildman–Crippen MR) is 70.9 cm³/mol. The summed E-state index contributed by atoms with van der Waals surface area (Å²) >= 11 is 0. The van der Waals surface area contributed by atoms with E-state index in [1.807, 2.05) is 0 Å². The summed E-state index contributed by atoms with van der Waals surface area (Å²) in [4.78, 5) is 11.3. The quantitative estimate of drug-likeness (QED) is 0.717. The Morgan fingerprint density at radius 1 is 1.33 bits per heavy atom. The molecule has 0 radical (unpaired) electrons. The van der Waals surface area contributed by atoms with Crippen LogP contribution in [0.2, 0.25) is 0 Å². The van der Waals surface area contributed by atoms with Crippen molar-refractivity contribution in [1.29, 1.82) is 0 Å². The zero-order valence-corrected chi connectivity index (χ0v) is 12.6. The first-order valence-corrected chi connectivity index (χ1v) is 7.83. The third-order valence-electron chi connectivity index (χ3n) is 1.90. The van der Waals surface area contributed by atoms with Gasteiger partial charge in [-0.3, -0.25) is 0 Å². The highest BCUT2D eigenvalue weighted by molar-refractivity contribution is 7.88. The van der Waals surface area contributed by atoms with Gasteiger partial charge in [0, 0.05) is 12.6 Å². The summed E-state index contributed by atoms with van der Waals surface area (Å²) in [6.45, 7) is 7.64. The Balaban J connectivity index is 3.71. The highest BCUT2D eigenvalue weighted by Crippen LogP contribution is 2.06. The first-order valence-electron chi connectivity index (χ1n) is 5.94. The van der Waals surface area contributed by atoms with Crippen molar-refractivity contribution in [2.75, 3.05) is 12.8 Å². The topological polar surface area (TPSA) is 84.5 Å². The Kier molecular flexibility index (Phi) is 6.62. The van der Waals surface area contributed by atoms with E-state index in [0.717, 1.165) is 6.26 Å². The molecule has 0 aromatic heterocycles. The fourth-order valence-corrected chi connectivity index (χ4v) is 2.19. The predicted octanol–water partition coefficient (Wildman–Crippen LogP) is 1.23. The fraction of sp³-hybridized carbons (Fsp3) is 0.909. The second kappa shape index (κ2) is 6.94. The molecule has 0 saturated carbocycles. The minimum absolute atomic E-state index is 0.138. The molecule has 0 saturated heterocycles. The molecule has 0 aliphatic heterocycles. The summed E-state index contributed by atoms with van der Waals surface area (Å²) in [5.74, 6) is 0. The molecule has 2 N–H and O–H groups in total. The van der Waals surface area contributed by atoms with Gasteiger partial charge in [-0.15, -0.1) is 0 Å². The molecule has 7 heteroatoms. The number of carbonyl (C=O) groups excluding carboxylic acids is 1. The van der Waals surface area contributed by atoms with Gasteiger partial charge in [0.1, 0.15) is 5.60 Å². The van der Waals surface area contributed by atoms with Crippen LogP contribution in [0.5, 0.6) is 0 Å². The van der Waals surface area contributed by atoms with Gasteiger partial charge in [0.25, 0.3) is 0 Å². The number of ether oxygens (including phenoxy) is 1. The zero-order chi connectivity index (χ0) is 14.4. The van der Waals surface area contributed by atoms with Crippen molar-refractivity contribution >= 4 is 16.1 Å². The van der Waals surface area contributed by atoms with Gasteiger partial charge in [-0.2, -0.15) is 0 Å². The normalized spacial score (nSPS) is 14.1. The average Bonchev–Trinajstić information content (AvgIpc) is 2.06. The van der Waals surface area contributed by atoms with E-state index in [0.29, 0.717) is 19.4 Å². The van der Waals surface area contributed by atoms with Crippen LogP contribution in [0.3, 0.4) is 0 Å². The van der Waals surface area contributed by atoms with E-state index in [4.69, 9.17) is 4.74 Å². The number of rotatable bonds is 6. The summed E-state index contributed by atoms with van der Waals surface area (Å²) < 4.78 is 29.4. The molecule has 0 fully saturated rings. The van der Waals surface area contributed by atoms with Crippen LogP contribution < -0.4 is 10.0 Å². The van der Waals surface area contributed by atoms with E-state index < -0.39 is 21.7 Å². The van der Waals surface area contributed by atoms with Gasteiger partial charge >= 0.3 is 6.09 Å². The van der Waals surface area contributed by atoms with Gasteiger partial charge < -0.3 is 10.1 Å². The minimum atomic E-state index is -3.16. The Labute approximate surface area is 110 Å². The summed E-state index contributed by atoms with van der Waals surface area (Å²) in [6.07, 6.45) is 2.01. The van der Waals surface area contributed by atoms with Crippen molar-refractivity contribution < 1.29 is 17.9 Å². The van der Waals surface area contributed by atoms with Gasteiger partial charge in [0.05, 0.1) is 6.26 Å². The molecule has 0 aliphatic carbocycles. The van der Waals surface area contributed by atoms with Crippen LogP contribution in [-0.2, 0) is 14.8 Å². The van der Waals surface area contributed by atoms with Crippen LogP contribution in [0.4, 0.5) is 4.79 Å². The second-order valence-electron chi connectivity index (χ2n) is 5.36. The SMILES string of the molecule is CC(CCCNC(=O)OC(C)(C)C)NS(C)(=O)=O. The Morgan fingerprint density at radius 3 is 2.33 bits per heavy atom. The maximum absolute atomic E-state index is 11.3. The third kappa shape index (κ3) is 11.7. The maximum Gasteiger partial charge on any atom is 0.407 e. The lowest BCUT2D eigenvalue weighted by Gasteiger charge is -2.19. The standard InChI is InChI=1S/C11H24N2O4S/c1-9(13-18(5,15)16)7-6-8-12-10(14)17-11(2,3)4/h9,13H,6-8H2,1-5H3,(H,12,14). The van der Waals surface area contributed by atoms with Gasteiger partial charge in [-0.1, -0.05) is 0 Å². The Hall–Kier alpha value is -0.820. The van der Waals surface area contributed by atoms with Crippen molar-refractivity contribution in [3.8, 4) is 0 Å². The molecule has 0 rings (SSSR count). The number of carbonyl (C=O) groups is 1. The molecule has 1 amide bonds. The molecule has 0 bridgehead atoms. The van der Waals surface area contributed by atoms with E-state index in [9.17, 15) is 13.2 Å². The largest absolute Gasteiger partial charge is 0.444 e. The third-order valence-corrected chi connectivity index (χ3v) is 2.73. The number of amides is 1. The average molecular weight is 280 g/mol. The summed E-state index contributed by atoms with van der Waals surface area (Å²) in [5, 5.41) is 2.62. The van der Waals surface area contributed by atoms with Crippen LogP contribution >= 0.6 is 0 Å². The number of hydrogen-bond donors (Lipinski definition) is 2. The van der Waals surface area contributed by atoms with E-state index in [1.54, 1.807) is 27.7 Å². The Morgan fingerprint density at radius 2 is 1.89 bits per heavy atom. The lowest BCUT2D eigenvalue weighted by atomic mass is 10.2. The highest BCUT2D eigenvalue weighted by atomic mass is 32.2. The minimum Gasteiger partial charge on any atom is -0.444 e. The molecule has 0 heterocycles. The smallest absolute Gasteiger partial charge is 0.407 e. The van der Waals surface area contributed by atoms with E-state index in [2.05, 4.69) is 10.0 Å². The summed E-state index contributed by atoms with van der Waals surface area (Å²) in [5.41, 5.74) is -0.505. The van der Waals surface area contributed by atoms with Gasteiger partial charge in [0.2, 0.25) is 10.0 Å². The molecule has 6 nitrogen and oxygen atoms in total. The number of hydrogen-bond acceptors (Lipinski definition) is 4. The van der Waals surface area contributed by atoms with Crippen molar-refractivity contribution in [2.24, 2.45) is 0 Å². The molecule has 1 atom stereocenters. The van der Waals surface area contributed by atoms with E-state index >= 15 is 0 Å². The highest BCUT2D eigenvalue weighted by Gasteiger charge is 2.15. The zero-order valence-electron chi connectivity index (χ0n) is 11.7. The summed E-state index contributed by atoms with van der Waals surface area (Å²) in [6, 6.07) is -0.138. The molecule has 0 spiro atoms. The molecule has 0 aromatic carbocycles. The molecular formula is C11H24N2O4S. The second-order valence-corrected chi connectivity index (χ2v) is 7.14. The van der Waals surface area contributed by atoms with Gasteiger partial charge in [0.15, 0.2) is 0 Å². The molecule has 1 unspecified atom stereocenters. The van der Waals surface area contributed by atoms with Crippen molar-refractivity contribution in [2.45, 2.75) is 52.2 Å². The molecular weight excluding hydrogens is 256 g/mol. The number of sulfonamides is 1. The molecule has 0 aliphatic rings. The number of alkyl carbamates (subject to hydrolysis) is 1. The van der Waals surface area contributed by atoms with Gasteiger partial charge in [-0.25, -0.2) is 17.9 Å². The van der Waals surface area contributed by atoms with Crippen LogP contribution in [0.15, 0.2) is 0 Å². The fourth-order valence-electron chi connectivity index (χ4n) is 1.34. The van der Waals surface area contributed by atoms with Crippen molar-refractivity contribution in [1.82, 2.24) is 10.0 Å². The van der Waals surface area contributed by atoms with Crippen LogP contribution in [0.1, 0.15) is 40.5 Å². The molecule has 18 heavy (non-hydrogen) atoms. The molecule has 108 valence electrons. The Bertz CT molecular complexity index is 360. The molecule has 0 aromatic rings.